The lowest BCUT2D eigenvalue weighted by Crippen LogP contribution is -2.56. The fraction of sp³-hybridized carbons (Fsp3) is 0.444. The van der Waals surface area contributed by atoms with Crippen LogP contribution in [0, 0.1) is 5.21 Å². The number of nitrogens with one attached hydrogen (secondary N) is 3. The van der Waals surface area contributed by atoms with Gasteiger partial charge in [0.05, 0.1) is 45.5 Å². The predicted molar refractivity (Wildman–Crippen MR) is 104 cm³/mol. The molecule has 2 heterocycles. The Morgan fingerprint density at radius 3 is 2.67 bits per heavy atom. The molecule has 0 radical (unpaired) electrons. The highest BCUT2D eigenvalue weighted by atomic mass is 16.5. The smallest absolute Gasteiger partial charge is 0.327 e. The molecular weight excluding hydrogens is 350 g/mol. The van der Waals surface area contributed by atoms with Crippen LogP contribution < -0.4 is 26.2 Å². The van der Waals surface area contributed by atoms with Crippen molar-refractivity contribution in [1.29, 1.82) is 0 Å². The lowest BCUT2D eigenvalue weighted by molar-refractivity contribution is -0.881. The second-order valence-electron chi connectivity index (χ2n) is 6.67. The van der Waals surface area contributed by atoms with Gasteiger partial charge in [-0.15, -0.1) is 0 Å². The van der Waals surface area contributed by atoms with E-state index in [1.54, 1.807) is 7.11 Å². The number of hydrogen-bond acceptors (Lipinski definition) is 6. The third kappa shape index (κ3) is 4.89. The minimum Gasteiger partial charge on any atom is -0.633 e. The number of aromatic amines is 2. The van der Waals surface area contributed by atoms with Crippen molar-refractivity contribution < 1.29 is 9.38 Å². The molecule has 27 heavy (non-hydrogen) atoms. The molecule has 9 heteroatoms. The maximum atomic E-state index is 12.9. The van der Waals surface area contributed by atoms with E-state index in [2.05, 4.69) is 20.2 Å². The number of anilines is 2. The Kier molecular flexibility index (Phi) is 5.82. The van der Waals surface area contributed by atoms with Crippen LogP contribution in [0.3, 0.4) is 0 Å². The highest BCUT2D eigenvalue weighted by molar-refractivity contribution is 5.58. The summed E-state index contributed by atoms with van der Waals surface area (Å²) in [4.78, 5) is 29.3. The maximum Gasteiger partial charge on any atom is 0.327 e. The van der Waals surface area contributed by atoms with Crippen LogP contribution in [0.4, 0.5) is 11.5 Å². The summed E-state index contributed by atoms with van der Waals surface area (Å²) in [5, 5.41) is 15.9. The molecule has 0 bridgehead atoms. The molecule has 1 aliphatic rings. The molecule has 0 saturated carbocycles. The molecule has 3 N–H and O–H groups in total. The second-order valence-corrected chi connectivity index (χ2v) is 6.67. The number of para-hydroxylation sites is 2. The molecule has 0 amide bonds. The van der Waals surface area contributed by atoms with Crippen LogP contribution in [0.15, 0.2) is 39.9 Å². The second kappa shape index (κ2) is 8.28. The van der Waals surface area contributed by atoms with Crippen molar-refractivity contribution in [2.75, 3.05) is 56.6 Å². The molecular formula is C18H25N5O4. The summed E-state index contributed by atoms with van der Waals surface area (Å²) in [6.45, 7) is 3.38. The molecule has 1 saturated heterocycles. The van der Waals surface area contributed by atoms with Gasteiger partial charge in [0.15, 0.2) is 0 Å². The predicted octanol–water partition coefficient (Wildman–Crippen LogP) is 0.709. The standard InChI is InChI=1S/C18H25N5O4/c1-27-15-6-3-2-5-14(15)22-8-11-23(26,12-9-22)10-4-7-19-16-13-17(24)21-18(25)20-16/h2-3,5-6,13H,4,7-12H2,1H3,(H3,19,20,21,24,25). The van der Waals surface area contributed by atoms with Gasteiger partial charge < -0.3 is 24.8 Å². The number of quaternary nitrogens is 1. The zero-order valence-corrected chi connectivity index (χ0v) is 15.4. The van der Waals surface area contributed by atoms with E-state index < -0.39 is 11.2 Å². The number of benzene rings is 1. The van der Waals surface area contributed by atoms with Crippen molar-refractivity contribution in [2.45, 2.75) is 6.42 Å². The van der Waals surface area contributed by atoms with Crippen molar-refractivity contribution in [3.63, 3.8) is 0 Å². The normalized spacial score (nSPS) is 16.1. The Labute approximate surface area is 156 Å². The first-order chi connectivity index (χ1) is 13.0. The molecule has 0 aliphatic carbocycles. The van der Waals surface area contributed by atoms with Gasteiger partial charge in [0, 0.05) is 19.0 Å². The third-order valence-electron chi connectivity index (χ3n) is 4.80. The molecule has 0 atom stereocenters. The molecule has 146 valence electrons. The first-order valence-electron chi connectivity index (χ1n) is 9.02. The number of hydroxylamine groups is 3. The van der Waals surface area contributed by atoms with Crippen LogP contribution in [0.1, 0.15) is 6.42 Å². The number of aromatic nitrogens is 2. The van der Waals surface area contributed by atoms with E-state index in [0.29, 0.717) is 51.5 Å². The number of rotatable bonds is 7. The van der Waals surface area contributed by atoms with Gasteiger partial charge in [0.2, 0.25) is 0 Å². The van der Waals surface area contributed by atoms with Crippen molar-refractivity contribution in [1.82, 2.24) is 9.97 Å². The van der Waals surface area contributed by atoms with Crippen LogP contribution in [-0.4, -0.2) is 61.0 Å². The van der Waals surface area contributed by atoms with E-state index >= 15 is 0 Å². The molecule has 1 aromatic carbocycles. The first-order valence-corrected chi connectivity index (χ1v) is 9.02. The quantitative estimate of drug-likeness (QED) is 0.373. The highest BCUT2D eigenvalue weighted by Gasteiger charge is 2.26. The van der Waals surface area contributed by atoms with Gasteiger partial charge in [-0.05, 0) is 12.1 Å². The van der Waals surface area contributed by atoms with Gasteiger partial charge in [-0.2, -0.15) is 0 Å². The third-order valence-corrected chi connectivity index (χ3v) is 4.80. The number of H-pyrrole nitrogens is 2. The number of piperazine rings is 1. The monoisotopic (exact) mass is 375 g/mol. The lowest BCUT2D eigenvalue weighted by atomic mass is 10.2. The summed E-state index contributed by atoms with van der Waals surface area (Å²) in [7, 11) is 1.65. The number of hydrogen-bond donors (Lipinski definition) is 3. The van der Waals surface area contributed by atoms with E-state index in [1.165, 1.54) is 6.07 Å². The van der Waals surface area contributed by atoms with Crippen LogP contribution >= 0.6 is 0 Å². The van der Waals surface area contributed by atoms with Crippen LogP contribution in [-0.2, 0) is 0 Å². The van der Waals surface area contributed by atoms with Gasteiger partial charge in [-0.1, -0.05) is 12.1 Å². The molecule has 0 spiro atoms. The molecule has 3 rings (SSSR count). The topological polar surface area (TPSA) is 113 Å². The minimum atomic E-state index is -0.551. The van der Waals surface area contributed by atoms with Gasteiger partial charge in [0.25, 0.3) is 5.56 Å². The number of nitrogens with zero attached hydrogens (tertiary/aromatic N) is 2. The van der Waals surface area contributed by atoms with E-state index in [1.807, 2.05) is 24.3 Å². The summed E-state index contributed by atoms with van der Waals surface area (Å²) >= 11 is 0. The van der Waals surface area contributed by atoms with Gasteiger partial charge in [-0.25, -0.2) is 4.79 Å². The van der Waals surface area contributed by atoms with Crippen molar-refractivity contribution >= 4 is 11.5 Å². The van der Waals surface area contributed by atoms with E-state index in [9.17, 15) is 14.8 Å². The van der Waals surface area contributed by atoms with Gasteiger partial charge in [0.1, 0.15) is 11.6 Å². The van der Waals surface area contributed by atoms with E-state index in [0.717, 1.165) is 11.4 Å². The number of ether oxygens (including phenoxy) is 1. The Hall–Kier alpha value is -2.78. The van der Waals surface area contributed by atoms with Crippen molar-refractivity contribution in [2.24, 2.45) is 0 Å². The summed E-state index contributed by atoms with van der Waals surface area (Å²) < 4.78 is 5.17. The van der Waals surface area contributed by atoms with E-state index in [-0.39, 0.29) is 4.65 Å². The maximum absolute atomic E-state index is 12.9. The van der Waals surface area contributed by atoms with Gasteiger partial charge in [-0.3, -0.25) is 14.8 Å². The fourth-order valence-electron chi connectivity index (χ4n) is 3.34. The zero-order valence-electron chi connectivity index (χ0n) is 15.4. The van der Waals surface area contributed by atoms with Crippen LogP contribution in [0.5, 0.6) is 5.75 Å². The molecule has 1 aromatic heterocycles. The average Bonchev–Trinajstić information content (AvgIpc) is 2.65. The highest BCUT2D eigenvalue weighted by Crippen LogP contribution is 2.29. The summed E-state index contributed by atoms with van der Waals surface area (Å²) in [5.74, 6) is 1.18. The molecule has 1 fully saturated rings. The summed E-state index contributed by atoms with van der Waals surface area (Å²) in [5.41, 5.74) is 0.0111. The lowest BCUT2D eigenvalue weighted by Gasteiger charge is -2.49. The van der Waals surface area contributed by atoms with Crippen LogP contribution in [0.2, 0.25) is 0 Å². The average molecular weight is 375 g/mol. The Balaban J connectivity index is 1.48. The van der Waals surface area contributed by atoms with Crippen molar-refractivity contribution in [3.8, 4) is 5.75 Å². The van der Waals surface area contributed by atoms with Gasteiger partial charge >= 0.3 is 5.69 Å². The Bertz CT molecular complexity index is 842. The van der Waals surface area contributed by atoms with E-state index in [4.69, 9.17) is 4.74 Å². The first kappa shape index (κ1) is 19.0. The number of methoxy groups -OCH3 is 1. The molecule has 2 aromatic rings. The van der Waals surface area contributed by atoms with Crippen LogP contribution in [0.25, 0.3) is 0 Å². The SMILES string of the molecule is COc1ccccc1N1CC[N+]([O-])(CCCNc2cc(=O)[nH]c(=O)[nH]2)CC1. The molecule has 9 nitrogen and oxygen atoms in total. The molecule has 0 unspecified atom stereocenters. The largest absolute Gasteiger partial charge is 0.633 e. The fourth-order valence-corrected chi connectivity index (χ4v) is 3.34. The molecule has 1 aliphatic heterocycles. The summed E-state index contributed by atoms with van der Waals surface area (Å²) in [6.07, 6.45) is 0.646. The Morgan fingerprint density at radius 2 is 1.96 bits per heavy atom. The zero-order chi connectivity index (χ0) is 19.3. The minimum absolute atomic E-state index is 0.237. The Morgan fingerprint density at radius 1 is 1.22 bits per heavy atom. The summed E-state index contributed by atoms with van der Waals surface area (Å²) in [6, 6.07) is 9.12. The van der Waals surface area contributed by atoms with Crippen molar-refractivity contribution in [3.05, 3.63) is 56.4 Å².